The van der Waals surface area contributed by atoms with Gasteiger partial charge in [-0.3, -0.25) is 0 Å². The third kappa shape index (κ3) is 1.89. The van der Waals surface area contributed by atoms with Crippen LogP contribution < -0.4 is 0 Å². The standard InChI is InChI=1S/C6H5O2.C5H5.Fe/c7-6(8)5-3-1-2-4-5;1-2-4-5-3-1;/h1,3H,2H2,(H,7,8);1-3H,4H2;. The number of rotatable bonds is 3. The quantitative estimate of drug-likeness (QED) is 0.754. The van der Waals surface area contributed by atoms with Gasteiger partial charge in [0, 0.05) is 0 Å². The molecule has 14 heavy (non-hydrogen) atoms. The summed E-state index contributed by atoms with van der Waals surface area (Å²) >= 11 is 0.807. The Hall–Kier alpha value is -1.05. The molecule has 74 valence electrons. The SMILES string of the molecule is O=C(O)C1=[C]([Fe][C]2=CC=CC2)CC=C1. The van der Waals surface area contributed by atoms with Crippen LogP contribution in [0.25, 0.3) is 0 Å². The summed E-state index contributed by atoms with van der Waals surface area (Å²) in [7, 11) is 0. The third-order valence-electron chi connectivity index (χ3n) is 2.03. The first-order valence-corrected chi connectivity index (χ1v) is 5.49. The van der Waals surface area contributed by atoms with Crippen molar-refractivity contribution in [2.24, 2.45) is 0 Å². The van der Waals surface area contributed by atoms with Gasteiger partial charge in [0.2, 0.25) is 0 Å². The van der Waals surface area contributed by atoms with Crippen molar-refractivity contribution in [3.63, 3.8) is 0 Å². The fraction of sp³-hybridized carbons (Fsp3) is 0.182. The van der Waals surface area contributed by atoms with Gasteiger partial charge in [-0.25, -0.2) is 0 Å². The number of allylic oxidation sites excluding steroid dienone is 6. The van der Waals surface area contributed by atoms with Gasteiger partial charge in [-0.05, 0) is 0 Å². The molecule has 0 aliphatic heterocycles. The topological polar surface area (TPSA) is 37.3 Å². The first-order chi connectivity index (χ1) is 6.77. The Bertz CT molecular complexity index is 386. The Morgan fingerprint density at radius 1 is 1.36 bits per heavy atom. The van der Waals surface area contributed by atoms with Crippen LogP contribution in [0.4, 0.5) is 0 Å². The van der Waals surface area contributed by atoms with Gasteiger partial charge in [0.25, 0.3) is 0 Å². The van der Waals surface area contributed by atoms with E-state index in [9.17, 15) is 4.79 Å². The van der Waals surface area contributed by atoms with E-state index in [4.69, 9.17) is 5.11 Å². The van der Waals surface area contributed by atoms with E-state index >= 15 is 0 Å². The molecule has 0 saturated heterocycles. The minimum absolute atomic E-state index is 0.484. The molecule has 3 heteroatoms. The number of carboxylic acid groups (broad SMARTS) is 1. The molecule has 0 unspecified atom stereocenters. The van der Waals surface area contributed by atoms with Gasteiger partial charge in [-0.1, -0.05) is 0 Å². The molecule has 0 heterocycles. The zero-order valence-corrected chi connectivity index (χ0v) is 8.61. The molecule has 2 rings (SSSR count). The first-order valence-electron chi connectivity index (χ1n) is 4.38. The third-order valence-corrected chi connectivity index (χ3v) is 3.65. The molecule has 0 aromatic rings. The van der Waals surface area contributed by atoms with Crippen molar-refractivity contribution in [1.82, 2.24) is 0 Å². The van der Waals surface area contributed by atoms with Crippen molar-refractivity contribution in [2.45, 2.75) is 12.8 Å². The summed E-state index contributed by atoms with van der Waals surface area (Å²) in [6.45, 7) is 0. The Kier molecular flexibility index (Phi) is 2.71. The average Bonchev–Trinajstić information content (AvgIpc) is 2.75. The van der Waals surface area contributed by atoms with Gasteiger partial charge < -0.3 is 0 Å². The summed E-state index contributed by atoms with van der Waals surface area (Å²) in [4.78, 5) is 10.8. The van der Waals surface area contributed by atoms with E-state index in [1.54, 1.807) is 6.08 Å². The van der Waals surface area contributed by atoms with Crippen molar-refractivity contribution in [2.75, 3.05) is 0 Å². The van der Waals surface area contributed by atoms with Crippen LogP contribution in [0.3, 0.4) is 0 Å². The Labute approximate surface area is 88.9 Å². The average molecular weight is 230 g/mol. The fourth-order valence-corrected chi connectivity index (χ4v) is 2.83. The van der Waals surface area contributed by atoms with Crippen LogP contribution in [-0.2, 0) is 19.8 Å². The summed E-state index contributed by atoms with van der Waals surface area (Å²) in [6, 6.07) is 0. The van der Waals surface area contributed by atoms with Gasteiger partial charge in [-0.2, -0.15) is 0 Å². The molecule has 0 fully saturated rings. The molecule has 0 amide bonds. The van der Waals surface area contributed by atoms with Crippen LogP contribution in [0.2, 0.25) is 0 Å². The monoisotopic (exact) mass is 230 g/mol. The summed E-state index contributed by atoms with van der Waals surface area (Å²) in [6.07, 6.45) is 11.6. The maximum absolute atomic E-state index is 10.8. The van der Waals surface area contributed by atoms with Gasteiger partial charge in [-0.15, -0.1) is 0 Å². The predicted octanol–water partition coefficient (Wildman–Crippen LogP) is 2.21. The summed E-state index contributed by atoms with van der Waals surface area (Å²) in [5.74, 6) is -0.805. The minimum atomic E-state index is -0.805. The summed E-state index contributed by atoms with van der Waals surface area (Å²) in [5, 5.41) is 8.91. The first kappa shape index (κ1) is 9.50. The molecule has 0 radical (unpaired) electrons. The summed E-state index contributed by atoms with van der Waals surface area (Å²) in [5.41, 5.74) is 0.484. The molecule has 2 aliphatic carbocycles. The molecule has 2 nitrogen and oxygen atoms in total. The second-order valence-corrected chi connectivity index (χ2v) is 4.69. The fourth-order valence-electron chi connectivity index (χ4n) is 1.36. The van der Waals surface area contributed by atoms with Gasteiger partial charge in [0.15, 0.2) is 0 Å². The van der Waals surface area contributed by atoms with Crippen LogP contribution in [0, 0.1) is 0 Å². The van der Waals surface area contributed by atoms with Crippen molar-refractivity contribution in [1.29, 1.82) is 0 Å². The van der Waals surface area contributed by atoms with E-state index in [1.807, 2.05) is 12.2 Å². The molecule has 0 bridgehead atoms. The van der Waals surface area contributed by atoms with E-state index in [1.165, 1.54) is 4.47 Å². The molecule has 0 saturated carbocycles. The molecule has 0 aromatic heterocycles. The number of aliphatic carboxylic acids is 1. The molecule has 1 N–H and O–H groups in total. The van der Waals surface area contributed by atoms with Crippen LogP contribution >= 0.6 is 0 Å². The second-order valence-electron chi connectivity index (χ2n) is 3.03. The number of carboxylic acids is 1. The molecule has 0 aromatic carbocycles. The maximum atomic E-state index is 10.8. The Morgan fingerprint density at radius 3 is 2.86 bits per heavy atom. The molecule has 0 atom stereocenters. The van der Waals surface area contributed by atoms with E-state index in [-0.39, 0.29) is 0 Å². The summed E-state index contributed by atoms with van der Waals surface area (Å²) < 4.78 is 2.34. The molecular weight excluding hydrogens is 220 g/mol. The van der Waals surface area contributed by atoms with E-state index in [0.717, 1.165) is 32.3 Å². The second kappa shape index (κ2) is 3.99. The van der Waals surface area contributed by atoms with Gasteiger partial charge in [0.05, 0.1) is 0 Å². The van der Waals surface area contributed by atoms with Crippen LogP contribution in [0.15, 0.2) is 44.9 Å². The molecule has 2 aliphatic rings. The van der Waals surface area contributed by atoms with Crippen LogP contribution in [-0.4, -0.2) is 11.1 Å². The van der Waals surface area contributed by atoms with Crippen LogP contribution in [0.1, 0.15) is 12.8 Å². The molecular formula is C11H10FeO2. The Morgan fingerprint density at radius 2 is 2.21 bits per heavy atom. The van der Waals surface area contributed by atoms with E-state index < -0.39 is 5.97 Å². The predicted molar refractivity (Wildman–Crippen MR) is 50.3 cm³/mol. The van der Waals surface area contributed by atoms with Crippen molar-refractivity contribution >= 4 is 5.97 Å². The number of carbonyl (C=O) groups is 1. The van der Waals surface area contributed by atoms with Crippen molar-refractivity contribution in [3.8, 4) is 0 Å². The van der Waals surface area contributed by atoms with Crippen LogP contribution in [0.5, 0.6) is 0 Å². The normalized spacial score (nSPS) is 19.6. The van der Waals surface area contributed by atoms with Gasteiger partial charge >= 0.3 is 88.6 Å². The van der Waals surface area contributed by atoms with Crippen molar-refractivity contribution in [3.05, 3.63) is 44.9 Å². The number of hydrogen-bond acceptors (Lipinski definition) is 1. The number of hydrogen-bond donors (Lipinski definition) is 1. The van der Waals surface area contributed by atoms with E-state index in [0.29, 0.717) is 5.57 Å². The zero-order chi connectivity index (χ0) is 9.97. The van der Waals surface area contributed by atoms with Gasteiger partial charge in [0.1, 0.15) is 0 Å². The molecule has 0 spiro atoms. The van der Waals surface area contributed by atoms with Crippen molar-refractivity contribution < 1.29 is 24.9 Å². The zero-order valence-electron chi connectivity index (χ0n) is 7.51. The Balaban J connectivity index is 2.11. The van der Waals surface area contributed by atoms with E-state index in [2.05, 4.69) is 12.2 Å².